The Balaban J connectivity index is 1.84. The molecule has 6 nitrogen and oxygen atoms in total. The summed E-state index contributed by atoms with van der Waals surface area (Å²) in [5.74, 6) is 1.43. The van der Waals surface area contributed by atoms with Gasteiger partial charge in [-0.25, -0.2) is 13.4 Å². The molecule has 1 N–H and O–H groups in total. The van der Waals surface area contributed by atoms with Gasteiger partial charge in [-0.2, -0.15) is 0 Å². The number of anilines is 1. The van der Waals surface area contributed by atoms with Crippen LogP contribution in [0.25, 0.3) is 0 Å². The Labute approximate surface area is 139 Å². The van der Waals surface area contributed by atoms with Crippen molar-refractivity contribution in [2.75, 3.05) is 24.8 Å². The van der Waals surface area contributed by atoms with E-state index in [0.717, 1.165) is 11.8 Å². The summed E-state index contributed by atoms with van der Waals surface area (Å²) < 4.78 is 34.5. The summed E-state index contributed by atoms with van der Waals surface area (Å²) in [6.07, 6.45) is 2.68. The van der Waals surface area contributed by atoms with Crippen LogP contribution in [-0.2, 0) is 16.4 Å². The molecule has 0 radical (unpaired) electrons. The number of nitrogens with one attached hydrogen (secondary N) is 1. The van der Waals surface area contributed by atoms with Gasteiger partial charge in [0.2, 0.25) is 0 Å². The van der Waals surface area contributed by atoms with Crippen molar-refractivity contribution in [3.8, 4) is 11.5 Å². The smallest absolute Gasteiger partial charge is 0.179 e. The lowest BCUT2D eigenvalue weighted by Crippen LogP contribution is -2.16. The van der Waals surface area contributed by atoms with E-state index >= 15 is 0 Å². The first-order valence-corrected chi connectivity index (χ1v) is 9.19. The summed E-state index contributed by atoms with van der Waals surface area (Å²) in [6, 6.07) is 6.67. The molecule has 0 fully saturated rings. The average molecular weight is 355 g/mol. The molecule has 3 rings (SSSR count). The summed E-state index contributed by atoms with van der Waals surface area (Å²) >= 11 is 6.19. The van der Waals surface area contributed by atoms with Crippen LogP contribution in [0, 0.1) is 0 Å². The molecule has 8 heteroatoms. The number of rotatable bonds is 4. The Morgan fingerprint density at radius 2 is 2.09 bits per heavy atom. The molecule has 0 saturated heterocycles. The van der Waals surface area contributed by atoms with Crippen LogP contribution in [0.15, 0.2) is 35.4 Å². The predicted molar refractivity (Wildman–Crippen MR) is 87.1 cm³/mol. The van der Waals surface area contributed by atoms with Gasteiger partial charge in [0.05, 0.1) is 5.02 Å². The molecule has 1 aliphatic heterocycles. The van der Waals surface area contributed by atoms with E-state index < -0.39 is 9.84 Å². The standard InChI is InChI=1S/C15H15ClN2O4S/c1-23(19,20)13-3-2-4-17-15(13)18-9-10-7-11(16)14-12(8-10)21-5-6-22-14/h2-4,7-8H,5-6,9H2,1H3,(H,17,18). The number of nitrogens with zero attached hydrogens (tertiary/aromatic N) is 1. The van der Waals surface area contributed by atoms with Crippen LogP contribution >= 0.6 is 11.6 Å². The quantitative estimate of drug-likeness (QED) is 0.909. The molecule has 2 heterocycles. The topological polar surface area (TPSA) is 77.5 Å². The number of halogens is 1. The van der Waals surface area contributed by atoms with Crippen molar-refractivity contribution in [2.45, 2.75) is 11.4 Å². The number of hydrogen-bond acceptors (Lipinski definition) is 6. The van der Waals surface area contributed by atoms with Gasteiger partial charge in [0.1, 0.15) is 23.9 Å². The number of sulfone groups is 1. The molecule has 1 aliphatic rings. The number of fused-ring (bicyclic) bond motifs is 1. The third-order valence-corrected chi connectivity index (χ3v) is 4.70. The first-order valence-electron chi connectivity index (χ1n) is 6.92. The predicted octanol–water partition coefficient (Wildman–Crippen LogP) is 2.52. The maximum atomic E-state index is 11.8. The van der Waals surface area contributed by atoms with Crippen LogP contribution in [-0.4, -0.2) is 32.9 Å². The van der Waals surface area contributed by atoms with Gasteiger partial charge >= 0.3 is 0 Å². The summed E-state index contributed by atoms with van der Waals surface area (Å²) in [5, 5.41) is 3.49. The Hall–Kier alpha value is -1.99. The molecule has 0 atom stereocenters. The van der Waals surface area contributed by atoms with E-state index in [-0.39, 0.29) is 4.90 Å². The highest BCUT2D eigenvalue weighted by atomic mass is 35.5. The molecule has 0 amide bonds. The minimum atomic E-state index is -3.36. The molecule has 23 heavy (non-hydrogen) atoms. The number of ether oxygens (including phenoxy) is 2. The lowest BCUT2D eigenvalue weighted by molar-refractivity contribution is 0.171. The van der Waals surface area contributed by atoms with Crippen molar-refractivity contribution < 1.29 is 17.9 Å². The van der Waals surface area contributed by atoms with Crippen LogP contribution in [0.4, 0.5) is 5.82 Å². The molecule has 0 aliphatic carbocycles. The Morgan fingerprint density at radius 3 is 2.87 bits per heavy atom. The molecule has 0 saturated carbocycles. The molecular formula is C15H15ClN2O4S. The fourth-order valence-corrected chi connectivity index (χ4v) is 3.36. The zero-order valence-corrected chi connectivity index (χ0v) is 13.9. The molecule has 122 valence electrons. The zero-order valence-electron chi connectivity index (χ0n) is 12.4. The van der Waals surface area contributed by atoms with E-state index in [9.17, 15) is 8.42 Å². The van der Waals surface area contributed by atoms with Gasteiger partial charge in [0, 0.05) is 19.0 Å². The largest absolute Gasteiger partial charge is 0.486 e. The second kappa shape index (κ2) is 6.25. The van der Waals surface area contributed by atoms with E-state index in [4.69, 9.17) is 21.1 Å². The average Bonchev–Trinajstić information content (AvgIpc) is 2.52. The third-order valence-electron chi connectivity index (χ3n) is 3.29. The fourth-order valence-electron chi connectivity index (χ4n) is 2.27. The van der Waals surface area contributed by atoms with Crippen LogP contribution in [0.3, 0.4) is 0 Å². The van der Waals surface area contributed by atoms with Crippen molar-refractivity contribution in [2.24, 2.45) is 0 Å². The molecule has 0 spiro atoms. The van der Waals surface area contributed by atoms with E-state index in [1.54, 1.807) is 12.1 Å². The van der Waals surface area contributed by atoms with Gasteiger partial charge in [-0.15, -0.1) is 0 Å². The maximum Gasteiger partial charge on any atom is 0.179 e. The van der Waals surface area contributed by atoms with Gasteiger partial charge in [0.25, 0.3) is 0 Å². The Bertz CT molecular complexity index is 839. The van der Waals surface area contributed by atoms with Crippen molar-refractivity contribution in [3.05, 3.63) is 41.0 Å². The summed E-state index contributed by atoms with van der Waals surface area (Å²) in [7, 11) is -3.36. The summed E-state index contributed by atoms with van der Waals surface area (Å²) in [6.45, 7) is 1.30. The molecule has 1 aromatic carbocycles. The third kappa shape index (κ3) is 3.51. The van der Waals surface area contributed by atoms with Crippen molar-refractivity contribution in [1.82, 2.24) is 4.98 Å². The van der Waals surface area contributed by atoms with Crippen molar-refractivity contribution >= 4 is 27.3 Å². The van der Waals surface area contributed by atoms with Gasteiger partial charge in [-0.05, 0) is 29.8 Å². The van der Waals surface area contributed by atoms with E-state index in [2.05, 4.69) is 10.3 Å². The monoisotopic (exact) mass is 354 g/mol. The maximum absolute atomic E-state index is 11.8. The first kappa shape index (κ1) is 15.9. The summed E-state index contributed by atoms with van der Waals surface area (Å²) in [4.78, 5) is 4.25. The fraction of sp³-hybridized carbons (Fsp3) is 0.267. The second-order valence-corrected chi connectivity index (χ2v) is 7.47. The SMILES string of the molecule is CS(=O)(=O)c1cccnc1NCc1cc(Cl)c2c(c1)OCCO2. The zero-order chi connectivity index (χ0) is 16.4. The van der Waals surface area contributed by atoms with Gasteiger partial charge < -0.3 is 14.8 Å². The molecule has 2 aromatic rings. The highest BCUT2D eigenvalue weighted by Crippen LogP contribution is 2.38. The number of benzene rings is 1. The Kier molecular flexibility index (Phi) is 4.32. The highest BCUT2D eigenvalue weighted by Gasteiger charge is 2.17. The van der Waals surface area contributed by atoms with Gasteiger partial charge in [0.15, 0.2) is 21.3 Å². The van der Waals surface area contributed by atoms with E-state index in [1.165, 1.54) is 12.3 Å². The van der Waals surface area contributed by atoms with Gasteiger partial charge in [-0.3, -0.25) is 0 Å². The van der Waals surface area contributed by atoms with Crippen LogP contribution in [0.5, 0.6) is 11.5 Å². The minimum absolute atomic E-state index is 0.156. The van der Waals surface area contributed by atoms with E-state index in [1.807, 2.05) is 6.07 Å². The van der Waals surface area contributed by atoms with Crippen LogP contribution in [0.2, 0.25) is 5.02 Å². The van der Waals surface area contributed by atoms with Crippen LogP contribution < -0.4 is 14.8 Å². The van der Waals surface area contributed by atoms with Crippen molar-refractivity contribution in [3.63, 3.8) is 0 Å². The molecule has 0 bridgehead atoms. The van der Waals surface area contributed by atoms with Gasteiger partial charge in [-0.1, -0.05) is 11.6 Å². The molecular weight excluding hydrogens is 340 g/mol. The second-order valence-electron chi connectivity index (χ2n) is 5.08. The number of pyridine rings is 1. The first-order chi connectivity index (χ1) is 10.9. The van der Waals surface area contributed by atoms with Crippen LogP contribution in [0.1, 0.15) is 5.56 Å². The molecule has 1 aromatic heterocycles. The highest BCUT2D eigenvalue weighted by molar-refractivity contribution is 7.90. The van der Waals surface area contributed by atoms with Crippen molar-refractivity contribution in [1.29, 1.82) is 0 Å². The lowest BCUT2D eigenvalue weighted by atomic mass is 10.2. The minimum Gasteiger partial charge on any atom is -0.486 e. The van der Waals surface area contributed by atoms with E-state index in [0.29, 0.717) is 42.1 Å². The Morgan fingerprint density at radius 1 is 1.30 bits per heavy atom. The lowest BCUT2D eigenvalue weighted by Gasteiger charge is -2.20. The number of hydrogen-bond donors (Lipinski definition) is 1. The number of aromatic nitrogens is 1. The normalized spacial score (nSPS) is 13.7. The molecule has 0 unspecified atom stereocenters. The summed E-state index contributed by atoms with van der Waals surface area (Å²) in [5.41, 5.74) is 0.837.